The van der Waals surface area contributed by atoms with Gasteiger partial charge in [-0.2, -0.15) is 5.26 Å². The largest absolute Gasteiger partial charge is 0.365 e. The minimum atomic E-state index is -0.741. The van der Waals surface area contributed by atoms with Crippen molar-refractivity contribution in [2.75, 3.05) is 0 Å². The Labute approximate surface area is 116 Å². The lowest BCUT2D eigenvalue weighted by molar-refractivity contribution is -0.114. The standard InChI is InChI=1S/C14H14N4O2/c1-8-4-11(6-12(7-15)14(16)19)10(3)18(8)13-5-9(2)20-17-13/h4-6H,1-3H3,(H2,16,19)/b12-6+. The first-order valence-corrected chi connectivity index (χ1v) is 5.98. The molecule has 0 saturated heterocycles. The summed E-state index contributed by atoms with van der Waals surface area (Å²) in [6.07, 6.45) is 1.48. The Kier molecular flexibility index (Phi) is 3.44. The van der Waals surface area contributed by atoms with Gasteiger partial charge in [-0.1, -0.05) is 5.16 Å². The second kappa shape index (κ2) is 5.05. The van der Waals surface area contributed by atoms with Gasteiger partial charge in [-0.3, -0.25) is 9.36 Å². The zero-order valence-corrected chi connectivity index (χ0v) is 11.5. The van der Waals surface area contributed by atoms with E-state index in [-0.39, 0.29) is 5.57 Å². The number of aryl methyl sites for hydroxylation is 2. The highest BCUT2D eigenvalue weighted by Gasteiger charge is 2.14. The van der Waals surface area contributed by atoms with Crippen molar-refractivity contribution < 1.29 is 9.32 Å². The van der Waals surface area contributed by atoms with E-state index in [1.54, 1.807) is 6.07 Å². The summed E-state index contributed by atoms with van der Waals surface area (Å²) in [5, 5.41) is 12.9. The first-order chi connectivity index (χ1) is 9.43. The molecular formula is C14H14N4O2. The Morgan fingerprint density at radius 2 is 2.15 bits per heavy atom. The van der Waals surface area contributed by atoms with Crippen LogP contribution in [-0.4, -0.2) is 15.6 Å². The number of carbonyl (C=O) groups is 1. The Hall–Kier alpha value is -2.81. The second-order valence-electron chi connectivity index (χ2n) is 4.49. The molecule has 0 aliphatic carbocycles. The number of amides is 1. The summed E-state index contributed by atoms with van der Waals surface area (Å²) in [6, 6.07) is 5.47. The highest BCUT2D eigenvalue weighted by molar-refractivity contribution is 6.00. The molecule has 0 radical (unpaired) electrons. The predicted octanol–water partition coefficient (Wildman–Crippen LogP) is 1.78. The van der Waals surface area contributed by atoms with Gasteiger partial charge < -0.3 is 10.3 Å². The first-order valence-electron chi connectivity index (χ1n) is 5.98. The van der Waals surface area contributed by atoms with Gasteiger partial charge in [0.25, 0.3) is 5.91 Å². The maximum atomic E-state index is 11.1. The predicted molar refractivity (Wildman–Crippen MR) is 72.8 cm³/mol. The van der Waals surface area contributed by atoms with Crippen LogP contribution in [0, 0.1) is 32.1 Å². The summed E-state index contributed by atoms with van der Waals surface area (Å²) < 4.78 is 6.95. The molecule has 0 bridgehead atoms. The van der Waals surface area contributed by atoms with E-state index < -0.39 is 5.91 Å². The summed E-state index contributed by atoms with van der Waals surface area (Å²) in [7, 11) is 0. The Morgan fingerprint density at radius 1 is 1.45 bits per heavy atom. The van der Waals surface area contributed by atoms with Crippen molar-refractivity contribution in [3.8, 4) is 11.9 Å². The maximum absolute atomic E-state index is 11.1. The van der Waals surface area contributed by atoms with Crippen molar-refractivity contribution in [1.82, 2.24) is 9.72 Å². The Balaban J connectivity index is 2.55. The van der Waals surface area contributed by atoms with Gasteiger partial charge in [0.15, 0.2) is 5.82 Å². The summed E-state index contributed by atoms with van der Waals surface area (Å²) in [5.41, 5.74) is 7.58. The number of nitrogens with zero attached hydrogens (tertiary/aromatic N) is 3. The molecule has 0 aliphatic heterocycles. The van der Waals surface area contributed by atoms with Gasteiger partial charge in [-0.15, -0.1) is 0 Å². The van der Waals surface area contributed by atoms with Crippen molar-refractivity contribution >= 4 is 12.0 Å². The lowest BCUT2D eigenvalue weighted by atomic mass is 10.1. The molecule has 20 heavy (non-hydrogen) atoms. The van der Waals surface area contributed by atoms with Gasteiger partial charge in [0.05, 0.1) is 0 Å². The molecule has 0 unspecified atom stereocenters. The van der Waals surface area contributed by atoms with Crippen LogP contribution in [0.15, 0.2) is 22.2 Å². The summed E-state index contributed by atoms with van der Waals surface area (Å²) in [5.74, 6) is 0.628. The van der Waals surface area contributed by atoms with E-state index in [1.165, 1.54) is 6.08 Å². The van der Waals surface area contributed by atoms with Gasteiger partial charge in [0.1, 0.15) is 17.4 Å². The van der Waals surface area contributed by atoms with E-state index in [1.807, 2.05) is 37.5 Å². The van der Waals surface area contributed by atoms with E-state index >= 15 is 0 Å². The van der Waals surface area contributed by atoms with Crippen LogP contribution in [0.5, 0.6) is 0 Å². The summed E-state index contributed by atoms with van der Waals surface area (Å²) in [6.45, 7) is 5.59. The third-order valence-electron chi connectivity index (χ3n) is 3.00. The molecule has 0 aromatic carbocycles. The molecule has 2 rings (SSSR count). The Morgan fingerprint density at radius 3 is 2.65 bits per heavy atom. The summed E-state index contributed by atoms with van der Waals surface area (Å²) in [4.78, 5) is 11.1. The zero-order valence-electron chi connectivity index (χ0n) is 11.5. The van der Waals surface area contributed by atoms with Crippen LogP contribution in [0.25, 0.3) is 11.9 Å². The number of rotatable bonds is 3. The number of hydrogen-bond acceptors (Lipinski definition) is 4. The molecule has 2 N–H and O–H groups in total. The molecule has 0 spiro atoms. The number of carbonyl (C=O) groups excluding carboxylic acids is 1. The molecule has 2 aromatic rings. The third kappa shape index (κ3) is 2.34. The highest BCUT2D eigenvalue weighted by atomic mass is 16.5. The lowest BCUT2D eigenvalue weighted by Crippen LogP contribution is -2.12. The van der Waals surface area contributed by atoms with E-state index in [4.69, 9.17) is 15.5 Å². The fourth-order valence-electron chi connectivity index (χ4n) is 2.06. The Bertz CT molecular complexity index is 744. The molecule has 102 valence electrons. The number of hydrogen-bond donors (Lipinski definition) is 1. The van der Waals surface area contributed by atoms with Crippen LogP contribution in [0.3, 0.4) is 0 Å². The highest BCUT2D eigenvalue weighted by Crippen LogP contribution is 2.22. The second-order valence-corrected chi connectivity index (χ2v) is 4.49. The fourth-order valence-corrected chi connectivity index (χ4v) is 2.06. The van der Waals surface area contributed by atoms with Crippen molar-refractivity contribution in [2.45, 2.75) is 20.8 Å². The van der Waals surface area contributed by atoms with Crippen molar-refractivity contribution in [3.63, 3.8) is 0 Å². The molecule has 2 heterocycles. The van der Waals surface area contributed by atoms with Gasteiger partial charge in [0.2, 0.25) is 0 Å². The molecule has 6 nitrogen and oxygen atoms in total. The van der Waals surface area contributed by atoms with E-state index in [0.29, 0.717) is 11.6 Å². The number of aromatic nitrogens is 2. The molecule has 2 aromatic heterocycles. The minimum absolute atomic E-state index is 0.0819. The van der Waals surface area contributed by atoms with Crippen LogP contribution in [0.1, 0.15) is 22.7 Å². The van der Waals surface area contributed by atoms with Gasteiger partial charge >= 0.3 is 0 Å². The SMILES string of the molecule is Cc1cc(-n2c(C)cc(/C=C(\C#N)C(N)=O)c2C)no1. The normalized spacial score (nSPS) is 11.4. The molecule has 0 atom stereocenters. The quantitative estimate of drug-likeness (QED) is 0.679. The van der Waals surface area contributed by atoms with Crippen LogP contribution in [0.4, 0.5) is 0 Å². The monoisotopic (exact) mass is 270 g/mol. The maximum Gasteiger partial charge on any atom is 0.259 e. The molecular weight excluding hydrogens is 256 g/mol. The van der Waals surface area contributed by atoms with E-state index in [0.717, 1.165) is 17.0 Å². The van der Waals surface area contributed by atoms with Gasteiger partial charge in [-0.25, -0.2) is 0 Å². The molecule has 0 aliphatic rings. The molecule has 1 amide bonds. The molecule has 6 heteroatoms. The minimum Gasteiger partial charge on any atom is -0.365 e. The average Bonchev–Trinajstić information content (AvgIpc) is 2.90. The summed E-state index contributed by atoms with van der Waals surface area (Å²) >= 11 is 0. The van der Waals surface area contributed by atoms with E-state index in [9.17, 15) is 4.79 Å². The number of primary amides is 1. The third-order valence-corrected chi connectivity index (χ3v) is 3.00. The number of nitrogens with two attached hydrogens (primary N) is 1. The average molecular weight is 270 g/mol. The van der Waals surface area contributed by atoms with E-state index in [2.05, 4.69) is 5.16 Å². The van der Waals surface area contributed by atoms with Crippen LogP contribution in [-0.2, 0) is 4.79 Å². The van der Waals surface area contributed by atoms with Crippen molar-refractivity contribution in [1.29, 1.82) is 5.26 Å². The first kappa shape index (κ1) is 13.6. The topological polar surface area (TPSA) is 97.8 Å². The lowest BCUT2D eigenvalue weighted by Gasteiger charge is -2.04. The number of nitriles is 1. The van der Waals surface area contributed by atoms with Crippen molar-refractivity contribution in [2.24, 2.45) is 5.73 Å². The van der Waals surface area contributed by atoms with Crippen molar-refractivity contribution in [3.05, 3.63) is 40.4 Å². The van der Waals surface area contributed by atoms with Crippen LogP contribution < -0.4 is 5.73 Å². The fraction of sp³-hybridized carbons (Fsp3) is 0.214. The van der Waals surface area contributed by atoms with Crippen LogP contribution in [0.2, 0.25) is 0 Å². The van der Waals surface area contributed by atoms with Gasteiger partial charge in [-0.05, 0) is 38.5 Å². The smallest absolute Gasteiger partial charge is 0.259 e. The molecule has 0 fully saturated rings. The van der Waals surface area contributed by atoms with Gasteiger partial charge in [0, 0.05) is 17.5 Å². The zero-order chi connectivity index (χ0) is 14.9. The van der Waals surface area contributed by atoms with Crippen LogP contribution >= 0.6 is 0 Å². The molecule has 0 saturated carbocycles.